The summed E-state index contributed by atoms with van der Waals surface area (Å²) < 4.78 is 10.2. The molecule has 3 heterocycles. The molecule has 7 nitrogen and oxygen atoms in total. The van der Waals surface area contributed by atoms with Gasteiger partial charge in [-0.05, 0) is 26.3 Å². The molecule has 0 aromatic carbocycles. The minimum absolute atomic E-state index is 0.189. The van der Waals surface area contributed by atoms with Crippen molar-refractivity contribution in [3.63, 3.8) is 0 Å². The van der Waals surface area contributed by atoms with E-state index in [0.29, 0.717) is 24.2 Å². The van der Waals surface area contributed by atoms with Gasteiger partial charge in [-0.15, -0.1) is 0 Å². The number of nitrogens with zero attached hydrogens (tertiary/aromatic N) is 5. The maximum absolute atomic E-state index is 5.15. The van der Waals surface area contributed by atoms with E-state index < -0.39 is 0 Å². The second kappa shape index (κ2) is 4.49. The second-order valence-corrected chi connectivity index (χ2v) is 4.54. The summed E-state index contributed by atoms with van der Waals surface area (Å²) in [5.74, 6) is 2.66. The first-order chi connectivity index (χ1) is 8.72. The van der Waals surface area contributed by atoms with Crippen molar-refractivity contribution in [1.82, 2.24) is 25.2 Å². The summed E-state index contributed by atoms with van der Waals surface area (Å²) in [5.41, 5.74) is 0. The molecule has 0 saturated carbocycles. The average molecular weight is 249 g/mol. The van der Waals surface area contributed by atoms with Crippen LogP contribution in [-0.4, -0.2) is 31.7 Å². The van der Waals surface area contributed by atoms with Gasteiger partial charge in [0.1, 0.15) is 0 Å². The standard InChI is InChI=1S/C11H15N5O2/c1-7-12-10(18-14-7)6-16-5-3-4-9(16)11-13-8(2)17-15-11/h9H,3-6H2,1-2H3/t9-/m0/s1. The third-order valence-corrected chi connectivity index (χ3v) is 3.11. The largest absolute Gasteiger partial charge is 0.340 e. The fourth-order valence-electron chi connectivity index (χ4n) is 2.34. The Labute approximate surface area is 104 Å². The first kappa shape index (κ1) is 11.3. The minimum atomic E-state index is 0.189. The Kier molecular flexibility index (Phi) is 2.83. The van der Waals surface area contributed by atoms with Crippen molar-refractivity contribution in [1.29, 1.82) is 0 Å². The van der Waals surface area contributed by atoms with Gasteiger partial charge in [0.05, 0.1) is 12.6 Å². The van der Waals surface area contributed by atoms with Gasteiger partial charge in [-0.3, -0.25) is 4.90 Å². The molecular weight excluding hydrogens is 234 g/mol. The second-order valence-electron chi connectivity index (χ2n) is 4.54. The van der Waals surface area contributed by atoms with Crippen LogP contribution in [0.15, 0.2) is 9.05 Å². The van der Waals surface area contributed by atoms with Crippen LogP contribution in [0.3, 0.4) is 0 Å². The monoisotopic (exact) mass is 249 g/mol. The summed E-state index contributed by atoms with van der Waals surface area (Å²) in [4.78, 5) is 10.8. The zero-order valence-corrected chi connectivity index (χ0v) is 10.5. The van der Waals surface area contributed by atoms with Gasteiger partial charge in [0.2, 0.25) is 11.8 Å². The number of rotatable bonds is 3. The molecule has 0 radical (unpaired) electrons. The Morgan fingerprint density at radius 1 is 1.22 bits per heavy atom. The van der Waals surface area contributed by atoms with Gasteiger partial charge in [-0.1, -0.05) is 10.3 Å². The van der Waals surface area contributed by atoms with E-state index in [-0.39, 0.29) is 6.04 Å². The van der Waals surface area contributed by atoms with Crippen LogP contribution in [0, 0.1) is 13.8 Å². The highest BCUT2D eigenvalue weighted by molar-refractivity contribution is 4.98. The quantitative estimate of drug-likeness (QED) is 0.813. The van der Waals surface area contributed by atoms with E-state index in [1.165, 1.54) is 0 Å². The molecular formula is C11H15N5O2. The van der Waals surface area contributed by atoms with Crippen molar-refractivity contribution in [2.24, 2.45) is 0 Å². The van der Waals surface area contributed by atoms with E-state index in [9.17, 15) is 0 Å². The maximum Gasteiger partial charge on any atom is 0.240 e. The highest BCUT2D eigenvalue weighted by Gasteiger charge is 2.30. The number of hydrogen-bond donors (Lipinski definition) is 0. The van der Waals surface area contributed by atoms with Crippen LogP contribution in [0.5, 0.6) is 0 Å². The fourth-order valence-corrected chi connectivity index (χ4v) is 2.34. The molecule has 1 aliphatic rings. The zero-order chi connectivity index (χ0) is 12.5. The van der Waals surface area contributed by atoms with E-state index in [0.717, 1.165) is 25.2 Å². The topological polar surface area (TPSA) is 81.1 Å². The molecule has 0 aliphatic carbocycles. The lowest BCUT2D eigenvalue weighted by molar-refractivity contribution is 0.202. The van der Waals surface area contributed by atoms with Crippen molar-refractivity contribution in [2.45, 2.75) is 39.3 Å². The van der Waals surface area contributed by atoms with E-state index in [1.807, 2.05) is 6.92 Å². The van der Waals surface area contributed by atoms with Gasteiger partial charge >= 0.3 is 0 Å². The van der Waals surface area contributed by atoms with Gasteiger partial charge in [0.25, 0.3) is 0 Å². The Bertz CT molecular complexity index is 535. The molecule has 7 heteroatoms. The molecule has 0 spiro atoms. The predicted octanol–water partition coefficient (Wildman–Crippen LogP) is 1.41. The van der Waals surface area contributed by atoms with Gasteiger partial charge in [-0.25, -0.2) is 0 Å². The number of aryl methyl sites for hydroxylation is 2. The molecule has 1 atom stereocenters. The van der Waals surface area contributed by atoms with Crippen LogP contribution in [-0.2, 0) is 6.54 Å². The molecule has 0 N–H and O–H groups in total. The lowest BCUT2D eigenvalue weighted by Gasteiger charge is -2.19. The molecule has 1 fully saturated rings. The molecule has 3 rings (SSSR count). The third kappa shape index (κ3) is 2.13. The lowest BCUT2D eigenvalue weighted by Crippen LogP contribution is -2.23. The SMILES string of the molecule is Cc1noc(CN2CCC[C@H]2c2noc(C)n2)n1. The van der Waals surface area contributed by atoms with Crippen LogP contribution in [0.1, 0.15) is 42.3 Å². The molecule has 0 bridgehead atoms. The van der Waals surface area contributed by atoms with Gasteiger partial charge in [-0.2, -0.15) is 9.97 Å². The normalized spacial score (nSPS) is 20.7. The van der Waals surface area contributed by atoms with Crippen LogP contribution in [0.2, 0.25) is 0 Å². The average Bonchev–Trinajstić information content (AvgIpc) is 3.01. The zero-order valence-electron chi connectivity index (χ0n) is 10.5. The van der Waals surface area contributed by atoms with Crippen LogP contribution in [0.4, 0.5) is 0 Å². The molecule has 0 unspecified atom stereocenters. The first-order valence-corrected chi connectivity index (χ1v) is 6.06. The minimum Gasteiger partial charge on any atom is -0.340 e. The predicted molar refractivity (Wildman–Crippen MR) is 60.5 cm³/mol. The summed E-state index contributed by atoms with van der Waals surface area (Å²) in [6, 6.07) is 0.189. The van der Waals surface area contributed by atoms with Gasteiger partial charge in [0.15, 0.2) is 11.6 Å². The van der Waals surface area contributed by atoms with Gasteiger partial charge in [0, 0.05) is 6.92 Å². The number of likely N-dealkylation sites (tertiary alicyclic amines) is 1. The summed E-state index contributed by atoms with van der Waals surface area (Å²) in [6.07, 6.45) is 2.15. The van der Waals surface area contributed by atoms with Crippen LogP contribution >= 0.6 is 0 Å². The van der Waals surface area contributed by atoms with Crippen LogP contribution in [0.25, 0.3) is 0 Å². The summed E-state index contributed by atoms with van der Waals surface area (Å²) in [7, 11) is 0. The van der Waals surface area contributed by atoms with E-state index in [4.69, 9.17) is 9.05 Å². The Morgan fingerprint density at radius 3 is 2.78 bits per heavy atom. The highest BCUT2D eigenvalue weighted by Crippen LogP contribution is 2.31. The summed E-state index contributed by atoms with van der Waals surface area (Å²) >= 11 is 0. The smallest absolute Gasteiger partial charge is 0.240 e. The van der Waals surface area contributed by atoms with Crippen molar-refractivity contribution >= 4 is 0 Å². The van der Waals surface area contributed by atoms with E-state index >= 15 is 0 Å². The Morgan fingerprint density at radius 2 is 2.11 bits per heavy atom. The molecule has 1 saturated heterocycles. The van der Waals surface area contributed by atoms with Crippen molar-refractivity contribution < 1.29 is 9.05 Å². The van der Waals surface area contributed by atoms with Crippen molar-refractivity contribution in [3.8, 4) is 0 Å². The van der Waals surface area contributed by atoms with Crippen molar-refractivity contribution in [3.05, 3.63) is 23.4 Å². The number of aromatic nitrogens is 4. The maximum atomic E-state index is 5.15. The first-order valence-electron chi connectivity index (χ1n) is 6.06. The molecule has 96 valence electrons. The van der Waals surface area contributed by atoms with Crippen molar-refractivity contribution in [2.75, 3.05) is 6.54 Å². The third-order valence-electron chi connectivity index (χ3n) is 3.11. The summed E-state index contributed by atoms with van der Waals surface area (Å²) in [6.45, 7) is 5.24. The fraction of sp³-hybridized carbons (Fsp3) is 0.636. The molecule has 2 aromatic rings. The Hall–Kier alpha value is -1.76. The molecule has 0 amide bonds. The lowest BCUT2D eigenvalue weighted by atomic mass is 10.2. The number of hydrogen-bond acceptors (Lipinski definition) is 7. The highest BCUT2D eigenvalue weighted by atomic mass is 16.5. The molecule has 18 heavy (non-hydrogen) atoms. The van der Waals surface area contributed by atoms with E-state index in [1.54, 1.807) is 6.92 Å². The van der Waals surface area contributed by atoms with Crippen LogP contribution < -0.4 is 0 Å². The summed E-state index contributed by atoms with van der Waals surface area (Å²) in [5, 5.41) is 7.80. The molecule has 2 aromatic heterocycles. The Balaban J connectivity index is 1.75. The van der Waals surface area contributed by atoms with Gasteiger partial charge < -0.3 is 9.05 Å². The molecule has 1 aliphatic heterocycles. The van der Waals surface area contributed by atoms with E-state index in [2.05, 4.69) is 25.2 Å².